The Hall–Kier alpha value is -2.28. The van der Waals surface area contributed by atoms with Gasteiger partial charge in [0.1, 0.15) is 6.61 Å². The van der Waals surface area contributed by atoms with Crippen molar-refractivity contribution >= 4 is 5.69 Å². The highest BCUT2D eigenvalue weighted by Gasteiger charge is 2.28. The predicted molar refractivity (Wildman–Crippen MR) is 77.8 cm³/mol. The minimum Gasteiger partial charge on any atom is -0.388 e. The summed E-state index contributed by atoms with van der Waals surface area (Å²) in [5.74, 6) is 0.773. The summed E-state index contributed by atoms with van der Waals surface area (Å²) in [4.78, 5) is 10.9. The molecule has 0 aliphatic rings. The van der Waals surface area contributed by atoms with Gasteiger partial charge < -0.3 is 9.67 Å². The Balaban J connectivity index is 2.78. The number of aliphatic hydroxyl groups is 1. The molecule has 1 heterocycles. The Bertz CT molecular complexity index is 686. The van der Waals surface area contributed by atoms with Crippen LogP contribution in [0.25, 0.3) is 11.4 Å². The topological polar surface area (TPSA) is 94.1 Å². The molecule has 0 spiro atoms. The molecular formula is C14H18N4O3. The van der Waals surface area contributed by atoms with E-state index in [1.165, 1.54) is 0 Å². The minimum absolute atomic E-state index is 0.0138. The molecule has 2 rings (SSSR count). The second-order valence-electron chi connectivity index (χ2n) is 5.83. The fourth-order valence-electron chi connectivity index (χ4n) is 2.38. The first kappa shape index (κ1) is 15.1. The molecule has 2 aromatic rings. The standard InChI is InChI=1S/C14H18N4O3/c1-9-6-5-7-10(12(9)18(20)21)13-16-15-11(8-19)17(13)14(2,3)4/h5-7,19H,8H2,1-4H3. The van der Waals surface area contributed by atoms with E-state index >= 15 is 0 Å². The lowest BCUT2D eigenvalue weighted by Crippen LogP contribution is -2.25. The third-order valence-corrected chi connectivity index (χ3v) is 3.20. The van der Waals surface area contributed by atoms with Crippen LogP contribution in [0.2, 0.25) is 0 Å². The maximum Gasteiger partial charge on any atom is 0.283 e. The highest BCUT2D eigenvalue weighted by Crippen LogP contribution is 2.34. The van der Waals surface area contributed by atoms with Crippen molar-refractivity contribution in [3.63, 3.8) is 0 Å². The maximum absolute atomic E-state index is 11.4. The number of hydrogen-bond acceptors (Lipinski definition) is 5. The number of nitro groups is 1. The Morgan fingerprint density at radius 2 is 2.00 bits per heavy atom. The van der Waals surface area contributed by atoms with E-state index in [0.29, 0.717) is 22.8 Å². The number of nitro benzene ring substituents is 1. The van der Waals surface area contributed by atoms with Crippen LogP contribution in [-0.2, 0) is 12.1 Å². The first-order chi connectivity index (χ1) is 9.77. The molecule has 112 valence electrons. The van der Waals surface area contributed by atoms with Gasteiger partial charge in [0.05, 0.1) is 10.5 Å². The fourth-order valence-corrected chi connectivity index (χ4v) is 2.38. The van der Waals surface area contributed by atoms with Crippen molar-refractivity contribution < 1.29 is 10.0 Å². The van der Waals surface area contributed by atoms with E-state index in [1.54, 1.807) is 29.7 Å². The molecule has 0 radical (unpaired) electrons. The van der Waals surface area contributed by atoms with Gasteiger partial charge in [0.15, 0.2) is 11.6 Å². The molecule has 0 saturated carbocycles. The van der Waals surface area contributed by atoms with Gasteiger partial charge in [0, 0.05) is 11.1 Å². The van der Waals surface area contributed by atoms with Crippen molar-refractivity contribution in [3.8, 4) is 11.4 Å². The van der Waals surface area contributed by atoms with E-state index < -0.39 is 10.5 Å². The molecule has 0 bridgehead atoms. The molecule has 1 aromatic carbocycles. The van der Waals surface area contributed by atoms with Crippen LogP contribution in [0.3, 0.4) is 0 Å². The summed E-state index contributed by atoms with van der Waals surface area (Å²) in [6.07, 6.45) is 0. The summed E-state index contributed by atoms with van der Waals surface area (Å²) in [7, 11) is 0. The molecule has 0 unspecified atom stereocenters. The molecule has 7 nitrogen and oxygen atoms in total. The molecule has 0 aliphatic heterocycles. The van der Waals surface area contributed by atoms with Crippen molar-refractivity contribution in [1.82, 2.24) is 14.8 Å². The SMILES string of the molecule is Cc1cccc(-c2nnc(CO)n2C(C)(C)C)c1[N+](=O)[O-]. The van der Waals surface area contributed by atoms with E-state index in [-0.39, 0.29) is 12.3 Å². The summed E-state index contributed by atoms with van der Waals surface area (Å²) in [5.41, 5.74) is 0.572. The molecule has 0 aliphatic carbocycles. The van der Waals surface area contributed by atoms with Gasteiger partial charge in [-0.25, -0.2) is 0 Å². The zero-order valence-electron chi connectivity index (χ0n) is 12.5. The number of hydrogen-bond donors (Lipinski definition) is 1. The molecule has 0 saturated heterocycles. The van der Waals surface area contributed by atoms with Crippen molar-refractivity contribution in [1.29, 1.82) is 0 Å². The van der Waals surface area contributed by atoms with Crippen molar-refractivity contribution in [3.05, 3.63) is 39.7 Å². The second kappa shape index (κ2) is 5.25. The molecule has 1 N–H and O–H groups in total. The van der Waals surface area contributed by atoms with E-state index in [9.17, 15) is 15.2 Å². The highest BCUT2D eigenvalue weighted by atomic mass is 16.6. The van der Waals surface area contributed by atoms with Crippen molar-refractivity contribution in [2.45, 2.75) is 39.8 Å². The monoisotopic (exact) mass is 290 g/mol. The third kappa shape index (κ3) is 2.64. The fraction of sp³-hybridized carbons (Fsp3) is 0.429. The highest BCUT2D eigenvalue weighted by molar-refractivity contribution is 5.71. The van der Waals surface area contributed by atoms with Gasteiger partial charge in [-0.2, -0.15) is 0 Å². The molecule has 7 heteroatoms. The van der Waals surface area contributed by atoms with Crippen LogP contribution in [-0.4, -0.2) is 24.8 Å². The van der Waals surface area contributed by atoms with E-state index in [4.69, 9.17) is 0 Å². The van der Waals surface area contributed by atoms with Gasteiger partial charge in [-0.3, -0.25) is 10.1 Å². The molecule has 21 heavy (non-hydrogen) atoms. The first-order valence-corrected chi connectivity index (χ1v) is 6.57. The van der Waals surface area contributed by atoms with Crippen LogP contribution >= 0.6 is 0 Å². The molecule has 0 fully saturated rings. The largest absolute Gasteiger partial charge is 0.388 e. The van der Waals surface area contributed by atoms with Crippen molar-refractivity contribution in [2.24, 2.45) is 0 Å². The number of rotatable bonds is 3. The van der Waals surface area contributed by atoms with Gasteiger partial charge in [0.2, 0.25) is 0 Å². The Morgan fingerprint density at radius 1 is 1.33 bits per heavy atom. The van der Waals surface area contributed by atoms with Crippen LogP contribution in [0.5, 0.6) is 0 Å². The first-order valence-electron chi connectivity index (χ1n) is 6.57. The van der Waals surface area contributed by atoms with Gasteiger partial charge >= 0.3 is 0 Å². The third-order valence-electron chi connectivity index (χ3n) is 3.20. The predicted octanol–water partition coefficient (Wildman–Crippen LogP) is 2.41. The van der Waals surface area contributed by atoms with E-state index in [2.05, 4.69) is 10.2 Å². The Labute approximate surface area is 122 Å². The summed E-state index contributed by atoms with van der Waals surface area (Å²) in [6.45, 7) is 7.21. The Morgan fingerprint density at radius 3 is 2.52 bits per heavy atom. The average molecular weight is 290 g/mol. The average Bonchev–Trinajstić information content (AvgIpc) is 2.81. The van der Waals surface area contributed by atoms with E-state index in [1.807, 2.05) is 20.8 Å². The summed E-state index contributed by atoms with van der Waals surface area (Å²) < 4.78 is 1.73. The Kier molecular flexibility index (Phi) is 3.78. The number of benzene rings is 1. The number of nitrogens with zero attached hydrogens (tertiary/aromatic N) is 4. The van der Waals surface area contributed by atoms with Crippen molar-refractivity contribution in [2.75, 3.05) is 0 Å². The van der Waals surface area contributed by atoms with Gasteiger partial charge in [0.25, 0.3) is 5.69 Å². The van der Waals surface area contributed by atoms with Crippen LogP contribution in [0.1, 0.15) is 32.2 Å². The number of para-hydroxylation sites is 1. The lowest BCUT2D eigenvalue weighted by atomic mass is 10.0. The number of aromatic nitrogens is 3. The molecular weight excluding hydrogens is 272 g/mol. The van der Waals surface area contributed by atoms with Crippen LogP contribution < -0.4 is 0 Å². The number of aliphatic hydroxyl groups excluding tert-OH is 1. The minimum atomic E-state index is -0.412. The number of aryl methyl sites for hydroxylation is 1. The zero-order chi connectivity index (χ0) is 15.8. The quantitative estimate of drug-likeness (QED) is 0.692. The van der Waals surface area contributed by atoms with Crippen LogP contribution in [0, 0.1) is 17.0 Å². The molecule has 0 atom stereocenters. The van der Waals surface area contributed by atoms with Gasteiger partial charge in [-0.1, -0.05) is 12.1 Å². The molecule has 0 amide bonds. The second-order valence-corrected chi connectivity index (χ2v) is 5.83. The zero-order valence-corrected chi connectivity index (χ0v) is 12.5. The lowest BCUT2D eigenvalue weighted by molar-refractivity contribution is -0.384. The smallest absolute Gasteiger partial charge is 0.283 e. The van der Waals surface area contributed by atoms with Gasteiger partial charge in [-0.05, 0) is 33.8 Å². The van der Waals surface area contributed by atoms with Crippen LogP contribution in [0.15, 0.2) is 18.2 Å². The van der Waals surface area contributed by atoms with Crippen LogP contribution in [0.4, 0.5) is 5.69 Å². The van der Waals surface area contributed by atoms with E-state index in [0.717, 1.165) is 0 Å². The summed E-state index contributed by atoms with van der Waals surface area (Å²) in [5, 5.41) is 28.8. The molecule has 1 aromatic heterocycles. The lowest BCUT2D eigenvalue weighted by Gasteiger charge is -2.24. The normalized spacial score (nSPS) is 11.7. The summed E-state index contributed by atoms with van der Waals surface area (Å²) >= 11 is 0. The van der Waals surface area contributed by atoms with Gasteiger partial charge in [-0.15, -0.1) is 10.2 Å². The maximum atomic E-state index is 11.4. The summed E-state index contributed by atoms with van der Waals surface area (Å²) in [6, 6.07) is 5.09.